The summed E-state index contributed by atoms with van der Waals surface area (Å²) in [5, 5.41) is 9.45. The number of hydrogen-bond donors (Lipinski definition) is 1. The van der Waals surface area contributed by atoms with Crippen LogP contribution in [0.1, 0.15) is 19.4 Å². The zero-order chi connectivity index (χ0) is 12.3. The van der Waals surface area contributed by atoms with Gasteiger partial charge in [0.05, 0.1) is 0 Å². The van der Waals surface area contributed by atoms with Gasteiger partial charge in [-0.15, -0.1) is 0 Å². The highest BCUT2D eigenvalue weighted by Crippen LogP contribution is 2.13. The zero-order valence-electron chi connectivity index (χ0n) is 9.21. The molecule has 0 aliphatic rings. The van der Waals surface area contributed by atoms with Crippen LogP contribution < -0.4 is 0 Å². The van der Waals surface area contributed by atoms with Gasteiger partial charge in [0.25, 0.3) is 0 Å². The molecule has 0 fully saturated rings. The molecule has 0 saturated carbocycles. The SMILES string of the molecule is CC(C)C(O)C(=O)Cc1cc(F)ccc1F. The second-order valence-electron chi connectivity index (χ2n) is 4.07. The average Bonchev–Trinajstić information content (AvgIpc) is 2.22. The van der Waals surface area contributed by atoms with Gasteiger partial charge in [0.1, 0.15) is 17.7 Å². The van der Waals surface area contributed by atoms with Gasteiger partial charge in [-0.25, -0.2) is 8.78 Å². The zero-order valence-corrected chi connectivity index (χ0v) is 9.21. The Balaban J connectivity index is 2.80. The molecule has 0 aliphatic carbocycles. The first kappa shape index (κ1) is 12.8. The lowest BCUT2D eigenvalue weighted by Crippen LogP contribution is -2.27. The summed E-state index contributed by atoms with van der Waals surface area (Å²) >= 11 is 0. The first-order valence-corrected chi connectivity index (χ1v) is 5.06. The van der Waals surface area contributed by atoms with Crippen molar-refractivity contribution >= 4 is 5.78 Å². The number of hydrogen-bond acceptors (Lipinski definition) is 2. The number of benzene rings is 1. The number of aliphatic hydroxyl groups is 1. The van der Waals surface area contributed by atoms with Crippen molar-refractivity contribution in [1.82, 2.24) is 0 Å². The molecule has 1 N–H and O–H groups in total. The average molecular weight is 228 g/mol. The van der Waals surface area contributed by atoms with E-state index in [1.165, 1.54) is 0 Å². The predicted molar refractivity (Wildman–Crippen MR) is 55.9 cm³/mol. The molecule has 1 unspecified atom stereocenters. The summed E-state index contributed by atoms with van der Waals surface area (Å²) in [5.74, 6) is -1.96. The van der Waals surface area contributed by atoms with Crippen LogP contribution >= 0.6 is 0 Å². The molecule has 0 spiro atoms. The van der Waals surface area contributed by atoms with Crippen LogP contribution in [-0.4, -0.2) is 17.0 Å². The smallest absolute Gasteiger partial charge is 0.165 e. The molecule has 0 aromatic heterocycles. The van der Waals surface area contributed by atoms with Gasteiger partial charge in [0, 0.05) is 6.42 Å². The Kier molecular flexibility index (Phi) is 4.12. The van der Waals surface area contributed by atoms with Gasteiger partial charge in [-0.3, -0.25) is 4.79 Å². The van der Waals surface area contributed by atoms with Crippen molar-refractivity contribution in [3.8, 4) is 0 Å². The number of ketones is 1. The number of carbonyl (C=O) groups is 1. The third kappa shape index (κ3) is 3.10. The van der Waals surface area contributed by atoms with Crippen LogP contribution in [0.4, 0.5) is 8.78 Å². The summed E-state index contributed by atoms with van der Waals surface area (Å²) in [7, 11) is 0. The number of rotatable bonds is 4. The van der Waals surface area contributed by atoms with Crippen LogP contribution in [0.25, 0.3) is 0 Å². The van der Waals surface area contributed by atoms with Gasteiger partial charge in [0.2, 0.25) is 0 Å². The van der Waals surface area contributed by atoms with Crippen LogP contribution in [0.3, 0.4) is 0 Å². The van der Waals surface area contributed by atoms with E-state index in [1.807, 2.05) is 0 Å². The Hall–Kier alpha value is -1.29. The van der Waals surface area contributed by atoms with E-state index < -0.39 is 23.5 Å². The summed E-state index contributed by atoms with van der Waals surface area (Å²) in [6.45, 7) is 3.37. The maximum atomic E-state index is 13.2. The molecule has 1 aromatic carbocycles. The van der Waals surface area contributed by atoms with Crippen molar-refractivity contribution in [1.29, 1.82) is 0 Å². The lowest BCUT2D eigenvalue weighted by molar-refractivity contribution is -0.128. The standard InChI is InChI=1S/C12H14F2O2/c1-7(2)12(16)11(15)6-8-5-9(13)3-4-10(8)14/h3-5,7,12,16H,6H2,1-2H3. The van der Waals surface area contributed by atoms with Crippen LogP contribution in [0.2, 0.25) is 0 Å². The van der Waals surface area contributed by atoms with E-state index in [2.05, 4.69) is 0 Å². The third-order valence-corrected chi connectivity index (χ3v) is 2.33. The summed E-state index contributed by atoms with van der Waals surface area (Å²) in [5.41, 5.74) is -0.0234. The van der Waals surface area contributed by atoms with E-state index in [-0.39, 0.29) is 17.9 Å². The summed E-state index contributed by atoms with van der Waals surface area (Å²) < 4.78 is 26.0. The highest BCUT2D eigenvalue weighted by molar-refractivity contribution is 5.85. The highest BCUT2D eigenvalue weighted by atomic mass is 19.1. The topological polar surface area (TPSA) is 37.3 Å². The summed E-state index contributed by atoms with van der Waals surface area (Å²) in [6.07, 6.45) is -1.43. The van der Waals surface area contributed by atoms with Gasteiger partial charge in [-0.1, -0.05) is 13.8 Å². The Bertz CT molecular complexity index is 389. The Morgan fingerprint density at radius 1 is 1.38 bits per heavy atom. The van der Waals surface area contributed by atoms with Crippen LogP contribution in [-0.2, 0) is 11.2 Å². The van der Waals surface area contributed by atoms with Crippen molar-refractivity contribution in [3.05, 3.63) is 35.4 Å². The van der Waals surface area contributed by atoms with Gasteiger partial charge in [-0.05, 0) is 29.7 Å². The fraction of sp³-hybridized carbons (Fsp3) is 0.417. The maximum Gasteiger partial charge on any atom is 0.165 e. The molecule has 0 radical (unpaired) electrons. The minimum atomic E-state index is -1.14. The molecular weight excluding hydrogens is 214 g/mol. The van der Waals surface area contributed by atoms with E-state index in [0.29, 0.717) is 0 Å². The Morgan fingerprint density at radius 2 is 2.00 bits per heavy atom. The molecule has 1 atom stereocenters. The summed E-state index contributed by atoms with van der Waals surface area (Å²) in [6, 6.07) is 2.93. The monoisotopic (exact) mass is 228 g/mol. The van der Waals surface area contributed by atoms with Gasteiger partial charge in [-0.2, -0.15) is 0 Å². The van der Waals surface area contributed by atoms with E-state index in [9.17, 15) is 18.7 Å². The first-order valence-electron chi connectivity index (χ1n) is 5.06. The van der Waals surface area contributed by atoms with Crippen molar-refractivity contribution in [2.45, 2.75) is 26.4 Å². The maximum absolute atomic E-state index is 13.2. The molecule has 2 nitrogen and oxygen atoms in total. The highest BCUT2D eigenvalue weighted by Gasteiger charge is 2.20. The lowest BCUT2D eigenvalue weighted by Gasteiger charge is -2.13. The largest absolute Gasteiger partial charge is 0.385 e. The van der Waals surface area contributed by atoms with E-state index in [1.54, 1.807) is 13.8 Å². The second-order valence-corrected chi connectivity index (χ2v) is 4.07. The van der Waals surface area contributed by atoms with Crippen LogP contribution in [0.5, 0.6) is 0 Å². The van der Waals surface area contributed by atoms with Crippen LogP contribution in [0, 0.1) is 17.6 Å². The molecule has 0 saturated heterocycles. The minimum absolute atomic E-state index is 0.0234. The summed E-state index contributed by atoms with van der Waals surface area (Å²) in [4.78, 5) is 11.5. The minimum Gasteiger partial charge on any atom is -0.385 e. The van der Waals surface area contributed by atoms with Gasteiger partial charge >= 0.3 is 0 Å². The number of carbonyl (C=O) groups excluding carboxylic acids is 1. The first-order chi connectivity index (χ1) is 7.41. The number of aliphatic hydroxyl groups excluding tert-OH is 1. The van der Waals surface area contributed by atoms with Crippen molar-refractivity contribution < 1.29 is 18.7 Å². The Morgan fingerprint density at radius 3 is 2.56 bits per heavy atom. The van der Waals surface area contributed by atoms with Crippen molar-refractivity contribution in [2.24, 2.45) is 5.92 Å². The van der Waals surface area contributed by atoms with Crippen molar-refractivity contribution in [3.63, 3.8) is 0 Å². The second kappa shape index (κ2) is 5.16. The van der Waals surface area contributed by atoms with E-state index in [4.69, 9.17) is 0 Å². The third-order valence-electron chi connectivity index (χ3n) is 2.33. The lowest BCUT2D eigenvalue weighted by atomic mass is 9.98. The van der Waals surface area contributed by atoms with Crippen molar-refractivity contribution in [2.75, 3.05) is 0 Å². The number of halogens is 2. The molecule has 0 bridgehead atoms. The van der Waals surface area contributed by atoms with Crippen LogP contribution in [0.15, 0.2) is 18.2 Å². The molecule has 4 heteroatoms. The molecule has 88 valence electrons. The molecule has 1 aromatic rings. The fourth-order valence-corrected chi connectivity index (χ4v) is 1.34. The molecule has 0 aliphatic heterocycles. The Labute approximate surface area is 92.9 Å². The van der Waals surface area contributed by atoms with Gasteiger partial charge < -0.3 is 5.11 Å². The van der Waals surface area contributed by atoms with Gasteiger partial charge in [0.15, 0.2) is 5.78 Å². The predicted octanol–water partition coefficient (Wildman–Crippen LogP) is 2.09. The molecule has 16 heavy (non-hydrogen) atoms. The molecular formula is C12H14F2O2. The molecule has 0 heterocycles. The normalized spacial score (nSPS) is 12.9. The number of Topliss-reactive ketones (excluding diaryl/α,β-unsaturated/α-hetero) is 1. The fourth-order valence-electron chi connectivity index (χ4n) is 1.34. The molecule has 1 rings (SSSR count). The molecule has 0 amide bonds. The quantitative estimate of drug-likeness (QED) is 0.856. The van der Waals surface area contributed by atoms with E-state index >= 15 is 0 Å². The van der Waals surface area contributed by atoms with E-state index in [0.717, 1.165) is 18.2 Å².